The molecule has 0 fully saturated rings. The van der Waals surface area contributed by atoms with Crippen LogP contribution in [0.1, 0.15) is 52.2 Å². The van der Waals surface area contributed by atoms with Crippen LogP contribution in [0.4, 0.5) is 0 Å². The van der Waals surface area contributed by atoms with Gasteiger partial charge in [0.05, 0.1) is 6.61 Å². The zero-order valence-corrected chi connectivity index (χ0v) is 21.5. The molecule has 0 bridgehead atoms. The Bertz CT molecular complexity index is 1250. The Morgan fingerprint density at radius 3 is 2.72 bits per heavy atom. The van der Waals surface area contributed by atoms with E-state index >= 15 is 0 Å². The summed E-state index contributed by atoms with van der Waals surface area (Å²) in [5, 5.41) is 29.7. The molecular formula is C23H30N6O6S. The van der Waals surface area contributed by atoms with Gasteiger partial charge in [0.2, 0.25) is 5.88 Å². The highest BCUT2D eigenvalue weighted by Gasteiger charge is 2.54. The molecular weight excluding hydrogens is 488 g/mol. The molecule has 12 nitrogen and oxygen atoms in total. The summed E-state index contributed by atoms with van der Waals surface area (Å²) in [7, 11) is 0. The number of esters is 1. The van der Waals surface area contributed by atoms with Crippen LogP contribution in [-0.4, -0.2) is 59.3 Å². The SMILES string of the molecule is CCOC(=O)CCCn1nnnc1-c1ccc2c(c1)[C@@H](Oc1ccc(=O)[nH]n1)[C@](C)(O)C(C)(C)O2.S. The average Bonchev–Trinajstić information content (AvgIpc) is 3.27. The van der Waals surface area contributed by atoms with Gasteiger partial charge in [0.15, 0.2) is 11.9 Å². The van der Waals surface area contributed by atoms with E-state index in [0.29, 0.717) is 42.3 Å². The first-order valence-electron chi connectivity index (χ1n) is 11.3. The van der Waals surface area contributed by atoms with Crippen LogP contribution in [0, 0.1) is 0 Å². The van der Waals surface area contributed by atoms with Gasteiger partial charge in [-0.1, -0.05) is 0 Å². The lowest BCUT2D eigenvalue weighted by molar-refractivity contribution is -0.175. The first kappa shape index (κ1) is 27.1. The van der Waals surface area contributed by atoms with Crippen molar-refractivity contribution in [3.05, 3.63) is 46.2 Å². The Morgan fingerprint density at radius 2 is 2.03 bits per heavy atom. The normalized spacial score (nSPS) is 20.0. The zero-order chi connectivity index (χ0) is 25.2. The van der Waals surface area contributed by atoms with Gasteiger partial charge in [0, 0.05) is 36.2 Å². The minimum atomic E-state index is -1.47. The molecule has 2 atom stereocenters. The van der Waals surface area contributed by atoms with Crippen LogP contribution in [0.3, 0.4) is 0 Å². The van der Waals surface area contributed by atoms with E-state index in [-0.39, 0.29) is 37.3 Å². The number of hydrogen-bond acceptors (Lipinski definition) is 10. The maximum atomic E-state index is 11.6. The summed E-state index contributed by atoms with van der Waals surface area (Å²) >= 11 is 0. The predicted molar refractivity (Wildman–Crippen MR) is 133 cm³/mol. The van der Waals surface area contributed by atoms with Crippen molar-refractivity contribution in [3.63, 3.8) is 0 Å². The molecule has 4 rings (SSSR count). The Labute approximate surface area is 214 Å². The number of carbonyl (C=O) groups excluding carboxylic acids is 1. The van der Waals surface area contributed by atoms with Crippen LogP contribution in [-0.2, 0) is 16.1 Å². The minimum Gasteiger partial charge on any atom is -0.484 e. The van der Waals surface area contributed by atoms with Crippen molar-refractivity contribution < 1.29 is 24.1 Å². The molecule has 0 radical (unpaired) electrons. The lowest BCUT2D eigenvalue weighted by atomic mass is 9.76. The van der Waals surface area contributed by atoms with Crippen LogP contribution in [0.5, 0.6) is 11.6 Å². The fourth-order valence-electron chi connectivity index (χ4n) is 3.85. The smallest absolute Gasteiger partial charge is 0.305 e. The fourth-order valence-corrected chi connectivity index (χ4v) is 3.85. The number of hydrogen-bond donors (Lipinski definition) is 2. The van der Waals surface area contributed by atoms with Gasteiger partial charge in [-0.05, 0) is 62.7 Å². The highest BCUT2D eigenvalue weighted by atomic mass is 32.1. The summed E-state index contributed by atoms with van der Waals surface area (Å²) in [4.78, 5) is 23.1. The summed E-state index contributed by atoms with van der Waals surface area (Å²) in [6.07, 6.45) is -0.115. The number of ether oxygens (including phenoxy) is 3. The van der Waals surface area contributed by atoms with Gasteiger partial charge in [-0.3, -0.25) is 9.59 Å². The van der Waals surface area contributed by atoms with Gasteiger partial charge in [0.1, 0.15) is 17.0 Å². The second-order valence-electron chi connectivity index (χ2n) is 8.90. The lowest BCUT2D eigenvalue weighted by Gasteiger charge is -2.48. The van der Waals surface area contributed by atoms with Gasteiger partial charge in [-0.2, -0.15) is 13.5 Å². The molecule has 3 heterocycles. The van der Waals surface area contributed by atoms with Gasteiger partial charge >= 0.3 is 5.97 Å². The van der Waals surface area contributed by atoms with E-state index in [9.17, 15) is 14.7 Å². The Hall–Kier alpha value is -3.45. The third-order valence-electron chi connectivity index (χ3n) is 6.13. The van der Waals surface area contributed by atoms with Crippen molar-refractivity contribution in [2.45, 2.75) is 64.4 Å². The predicted octanol–water partition coefficient (Wildman–Crippen LogP) is 1.92. The van der Waals surface area contributed by atoms with E-state index in [0.717, 1.165) is 0 Å². The summed E-state index contributed by atoms with van der Waals surface area (Å²) in [5.41, 5.74) is -1.59. The molecule has 0 saturated heterocycles. The lowest BCUT2D eigenvalue weighted by Crippen LogP contribution is -2.59. The van der Waals surface area contributed by atoms with Crippen LogP contribution in [0.15, 0.2) is 35.1 Å². The van der Waals surface area contributed by atoms with E-state index in [2.05, 4.69) is 25.7 Å². The fraction of sp³-hybridized carbons (Fsp3) is 0.478. The van der Waals surface area contributed by atoms with Gasteiger partial charge in [-0.15, -0.1) is 10.2 Å². The van der Waals surface area contributed by atoms with Crippen molar-refractivity contribution >= 4 is 19.5 Å². The zero-order valence-electron chi connectivity index (χ0n) is 20.5. The number of H-pyrrole nitrogens is 1. The molecule has 0 spiro atoms. The number of tetrazole rings is 1. The minimum absolute atomic E-state index is 0. The number of aromatic nitrogens is 6. The molecule has 0 aliphatic carbocycles. The highest BCUT2D eigenvalue weighted by molar-refractivity contribution is 7.59. The van der Waals surface area contributed by atoms with E-state index in [4.69, 9.17) is 14.2 Å². The van der Waals surface area contributed by atoms with E-state index < -0.39 is 17.3 Å². The maximum absolute atomic E-state index is 11.6. The van der Waals surface area contributed by atoms with Crippen molar-refractivity contribution in [3.8, 4) is 23.0 Å². The van der Waals surface area contributed by atoms with Gasteiger partial charge in [-0.25, -0.2) is 9.78 Å². The highest BCUT2D eigenvalue weighted by Crippen LogP contribution is 2.48. The number of aryl methyl sites for hydroxylation is 1. The first-order valence-corrected chi connectivity index (χ1v) is 11.3. The molecule has 36 heavy (non-hydrogen) atoms. The second-order valence-corrected chi connectivity index (χ2v) is 8.90. The number of nitrogens with one attached hydrogen (secondary N) is 1. The van der Waals surface area contributed by atoms with Crippen molar-refractivity contribution in [1.82, 2.24) is 30.4 Å². The number of aromatic amines is 1. The van der Waals surface area contributed by atoms with Gasteiger partial charge < -0.3 is 19.3 Å². The van der Waals surface area contributed by atoms with E-state index in [1.807, 2.05) is 6.07 Å². The summed E-state index contributed by atoms with van der Waals surface area (Å²) in [6, 6.07) is 8.12. The molecule has 1 aliphatic heterocycles. The number of fused-ring (bicyclic) bond motifs is 1. The maximum Gasteiger partial charge on any atom is 0.305 e. The molecule has 2 aromatic heterocycles. The Kier molecular flexibility index (Phi) is 8.04. The molecule has 1 aliphatic rings. The van der Waals surface area contributed by atoms with E-state index in [1.54, 1.807) is 44.5 Å². The number of carbonyl (C=O) groups is 1. The third kappa shape index (κ3) is 5.36. The molecule has 0 unspecified atom stereocenters. The summed E-state index contributed by atoms with van der Waals surface area (Å²) in [5.74, 6) is 0.893. The average molecular weight is 519 g/mol. The quantitative estimate of drug-likeness (QED) is 0.423. The third-order valence-corrected chi connectivity index (χ3v) is 6.13. The molecule has 2 N–H and O–H groups in total. The number of aliphatic hydroxyl groups is 1. The monoisotopic (exact) mass is 518 g/mol. The number of rotatable bonds is 8. The molecule has 0 amide bonds. The standard InChI is InChI=1S/C23H28N6O6.H2S/c1-5-33-19(31)7-6-12-29-21(26-27-28-29)14-8-9-16-15(13-14)20(23(4,32)22(2,3)35-16)34-18-11-10-17(30)24-25-18;/h8-11,13,20,32H,5-7,12H2,1-4H3,(H,24,30);1H2/t20-,23+;/m1./s1. The van der Waals surface area contributed by atoms with Crippen LogP contribution >= 0.6 is 13.5 Å². The molecule has 194 valence electrons. The first-order chi connectivity index (χ1) is 16.6. The Balaban J connectivity index is 0.00000361. The number of benzene rings is 1. The molecule has 0 saturated carbocycles. The largest absolute Gasteiger partial charge is 0.484 e. The Morgan fingerprint density at radius 1 is 1.25 bits per heavy atom. The number of nitrogens with zero attached hydrogens (tertiary/aromatic N) is 5. The second kappa shape index (κ2) is 10.7. The van der Waals surface area contributed by atoms with Crippen molar-refractivity contribution in [2.75, 3.05) is 6.61 Å². The van der Waals surface area contributed by atoms with Crippen LogP contribution in [0.25, 0.3) is 11.4 Å². The summed E-state index contributed by atoms with van der Waals surface area (Å²) in [6.45, 7) is 7.68. The molecule has 13 heteroatoms. The topological polar surface area (TPSA) is 154 Å². The van der Waals surface area contributed by atoms with Crippen molar-refractivity contribution in [2.24, 2.45) is 0 Å². The molecule has 1 aromatic carbocycles. The summed E-state index contributed by atoms with van der Waals surface area (Å²) < 4.78 is 18.8. The molecule has 3 aromatic rings. The van der Waals surface area contributed by atoms with Crippen molar-refractivity contribution in [1.29, 1.82) is 0 Å². The van der Waals surface area contributed by atoms with Crippen LogP contribution < -0.4 is 15.0 Å². The van der Waals surface area contributed by atoms with Crippen LogP contribution in [0.2, 0.25) is 0 Å². The van der Waals surface area contributed by atoms with Gasteiger partial charge in [0.25, 0.3) is 5.56 Å². The van der Waals surface area contributed by atoms with E-state index in [1.165, 1.54) is 12.1 Å².